The van der Waals surface area contributed by atoms with Gasteiger partial charge in [-0.25, -0.2) is 0 Å². The van der Waals surface area contributed by atoms with Crippen molar-refractivity contribution < 1.29 is 14.3 Å². The number of fused-ring (bicyclic) bond motifs is 1. The fraction of sp³-hybridized carbons (Fsp3) is 0.217. The Balaban J connectivity index is 1.45. The van der Waals surface area contributed by atoms with Crippen LogP contribution in [0, 0.1) is 0 Å². The first-order chi connectivity index (χ1) is 13.7. The van der Waals surface area contributed by atoms with Crippen LogP contribution in [0.1, 0.15) is 30.1 Å². The number of ether oxygens (including phenoxy) is 1. The molecule has 0 spiro atoms. The molecule has 0 saturated heterocycles. The van der Waals surface area contributed by atoms with Gasteiger partial charge in [0.05, 0.1) is 6.61 Å². The van der Waals surface area contributed by atoms with Crippen molar-refractivity contribution in [3.63, 3.8) is 0 Å². The Morgan fingerprint density at radius 1 is 0.929 bits per heavy atom. The summed E-state index contributed by atoms with van der Waals surface area (Å²) in [5.41, 5.74) is 1.25. The number of benzene rings is 3. The van der Waals surface area contributed by atoms with E-state index in [1.807, 2.05) is 49.4 Å². The van der Waals surface area contributed by atoms with E-state index in [1.165, 1.54) is 0 Å². The zero-order chi connectivity index (χ0) is 19.8. The van der Waals surface area contributed by atoms with Crippen molar-refractivity contribution in [2.75, 3.05) is 18.5 Å². The van der Waals surface area contributed by atoms with Gasteiger partial charge >= 0.3 is 0 Å². The van der Waals surface area contributed by atoms with Crippen molar-refractivity contribution in [3.8, 4) is 5.75 Å². The standard InChI is InChI=1S/C23H24N2O3/c1-2-24-23(27)18-12-14-19(15-13-18)25-22(26)11-6-16-28-21-10-5-8-17-7-3-4-9-20(17)21/h3-5,7-10,12-15H,2,6,11,16H2,1H3,(H,24,27)(H,25,26). The first kappa shape index (κ1) is 19.4. The summed E-state index contributed by atoms with van der Waals surface area (Å²) in [6.07, 6.45) is 0.981. The Hall–Kier alpha value is -3.34. The lowest BCUT2D eigenvalue weighted by Crippen LogP contribution is -2.22. The van der Waals surface area contributed by atoms with Gasteiger partial charge in [-0.15, -0.1) is 0 Å². The minimum atomic E-state index is -0.119. The SMILES string of the molecule is CCNC(=O)c1ccc(NC(=O)CCCOc2cccc3ccccc23)cc1. The van der Waals surface area contributed by atoms with Gasteiger partial charge in [0, 0.05) is 29.6 Å². The first-order valence-corrected chi connectivity index (χ1v) is 9.46. The molecule has 0 aliphatic heterocycles. The first-order valence-electron chi connectivity index (χ1n) is 9.46. The quantitative estimate of drug-likeness (QED) is 0.573. The second kappa shape index (κ2) is 9.55. The Bertz CT molecular complexity index is 946. The monoisotopic (exact) mass is 376 g/mol. The Labute approximate surface area is 164 Å². The lowest BCUT2D eigenvalue weighted by molar-refractivity contribution is -0.116. The van der Waals surface area contributed by atoms with Gasteiger partial charge in [0.1, 0.15) is 5.75 Å². The summed E-state index contributed by atoms with van der Waals surface area (Å²) in [4.78, 5) is 23.9. The Morgan fingerprint density at radius 2 is 1.68 bits per heavy atom. The predicted octanol–water partition coefficient (Wildman–Crippen LogP) is 4.39. The lowest BCUT2D eigenvalue weighted by atomic mass is 10.1. The molecule has 3 aromatic rings. The molecule has 28 heavy (non-hydrogen) atoms. The van der Waals surface area contributed by atoms with Crippen LogP contribution in [0.5, 0.6) is 5.75 Å². The summed E-state index contributed by atoms with van der Waals surface area (Å²) >= 11 is 0. The molecule has 5 heteroatoms. The van der Waals surface area contributed by atoms with E-state index < -0.39 is 0 Å². The zero-order valence-electron chi connectivity index (χ0n) is 15.9. The van der Waals surface area contributed by atoms with Crippen LogP contribution in [0.4, 0.5) is 5.69 Å². The number of anilines is 1. The van der Waals surface area contributed by atoms with E-state index in [0.717, 1.165) is 16.5 Å². The van der Waals surface area contributed by atoms with Gasteiger partial charge in [0.25, 0.3) is 5.91 Å². The van der Waals surface area contributed by atoms with Crippen molar-refractivity contribution in [1.82, 2.24) is 5.32 Å². The van der Waals surface area contributed by atoms with Gasteiger partial charge in [0.15, 0.2) is 0 Å². The van der Waals surface area contributed by atoms with Gasteiger partial charge in [-0.05, 0) is 49.1 Å². The van der Waals surface area contributed by atoms with Crippen LogP contribution in [0.2, 0.25) is 0 Å². The molecule has 0 radical (unpaired) electrons. The molecule has 0 aromatic heterocycles. The third-order valence-corrected chi connectivity index (χ3v) is 4.32. The van der Waals surface area contributed by atoms with Gasteiger partial charge in [-0.2, -0.15) is 0 Å². The molecular weight excluding hydrogens is 352 g/mol. The molecule has 3 rings (SSSR count). The Kier molecular flexibility index (Phi) is 6.63. The summed E-state index contributed by atoms with van der Waals surface area (Å²) < 4.78 is 5.86. The number of hydrogen-bond donors (Lipinski definition) is 2. The maximum atomic E-state index is 12.1. The zero-order valence-corrected chi connectivity index (χ0v) is 15.9. The highest BCUT2D eigenvalue weighted by Crippen LogP contribution is 2.25. The van der Waals surface area contributed by atoms with E-state index in [2.05, 4.69) is 10.6 Å². The van der Waals surface area contributed by atoms with Crippen molar-refractivity contribution >= 4 is 28.3 Å². The lowest BCUT2D eigenvalue weighted by Gasteiger charge is -2.10. The molecule has 0 unspecified atom stereocenters. The highest BCUT2D eigenvalue weighted by molar-refractivity contribution is 5.95. The molecular formula is C23H24N2O3. The highest BCUT2D eigenvalue weighted by Gasteiger charge is 2.07. The van der Waals surface area contributed by atoms with Gasteiger partial charge in [0.2, 0.25) is 5.91 Å². The van der Waals surface area contributed by atoms with Crippen molar-refractivity contribution in [3.05, 3.63) is 72.3 Å². The van der Waals surface area contributed by atoms with Crippen LogP contribution in [0.25, 0.3) is 10.8 Å². The second-order valence-electron chi connectivity index (χ2n) is 6.41. The van der Waals surface area contributed by atoms with E-state index in [1.54, 1.807) is 24.3 Å². The maximum absolute atomic E-state index is 12.1. The van der Waals surface area contributed by atoms with Crippen molar-refractivity contribution in [2.45, 2.75) is 19.8 Å². The van der Waals surface area contributed by atoms with Crippen LogP contribution < -0.4 is 15.4 Å². The molecule has 0 heterocycles. The normalized spacial score (nSPS) is 10.5. The van der Waals surface area contributed by atoms with Crippen LogP contribution in [-0.4, -0.2) is 25.0 Å². The van der Waals surface area contributed by atoms with Crippen LogP contribution in [0.15, 0.2) is 66.7 Å². The summed E-state index contributed by atoms with van der Waals surface area (Å²) in [6, 6.07) is 20.9. The third kappa shape index (κ3) is 5.10. The highest BCUT2D eigenvalue weighted by atomic mass is 16.5. The van der Waals surface area contributed by atoms with Gasteiger partial charge in [-0.1, -0.05) is 36.4 Å². The molecule has 0 bridgehead atoms. The predicted molar refractivity (Wildman–Crippen MR) is 112 cm³/mol. The minimum Gasteiger partial charge on any atom is -0.493 e. The van der Waals surface area contributed by atoms with Gasteiger partial charge < -0.3 is 15.4 Å². The van der Waals surface area contributed by atoms with Crippen molar-refractivity contribution in [2.24, 2.45) is 0 Å². The maximum Gasteiger partial charge on any atom is 0.251 e. The van der Waals surface area contributed by atoms with E-state index >= 15 is 0 Å². The molecule has 0 aliphatic rings. The smallest absolute Gasteiger partial charge is 0.251 e. The molecule has 0 aliphatic carbocycles. The summed E-state index contributed by atoms with van der Waals surface area (Å²) in [6.45, 7) is 2.92. The van der Waals surface area contributed by atoms with E-state index in [-0.39, 0.29) is 11.8 Å². The minimum absolute atomic E-state index is 0.0766. The number of hydrogen-bond acceptors (Lipinski definition) is 3. The number of nitrogens with one attached hydrogen (secondary N) is 2. The molecule has 3 aromatic carbocycles. The van der Waals surface area contributed by atoms with E-state index in [9.17, 15) is 9.59 Å². The molecule has 0 atom stereocenters. The average Bonchev–Trinajstić information content (AvgIpc) is 2.72. The molecule has 0 fully saturated rings. The summed E-state index contributed by atoms with van der Waals surface area (Å²) in [7, 11) is 0. The van der Waals surface area contributed by atoms with Gasteiger partial charge in [-0.3, -0.25) is 9.59 Å². The van der Waals surface area contributed by atoms with Crippen LogP contribution in [0.3, 0.4) is 0 Å². The average molecular weight is 376 g/mol. The number of carbonyl (C=O) groups excluding carboxylic acids is 2. The van der Waals surface area contributed by atoms with Crippen molar-refractivity contribution in [1.29, 1.82) is 0 Å². The topological polar surface area (TPSA) is 67.4 Å². The fourth-order valence-corrected chi connectivity index (χ4v) is 2.93. The largest absolute Gasteiger partial charge is 0.493 e. The molecule has 144 valence electrons. The van der Waals surface area contributed by atoms with Crippen LogP contribution >= 0.6 is 0 Å². The number of carbonyl (C=O) groups is 2. The van der Waals surface area contributed by atoms with E-state index in [4.69, 9.17) is 4.74 Å². The summed E-state index contributed by atoms with van der Waals surface area (Å²) in [5, 5.41) is 7.79. The summed E-state index contributed by atoms with van der Waals surface area (Å²) in [5.74, 6) is 0.637. The number of amides is 2. The molecule has 2 amide bonds. The molecule has 0 saturated carbocycles. The number of rotatable bonds is 8. The fourth-order valence-electron chi connectivity index (χ4n) is 2.93. The Morgan fingerprint density at radius 3 is 2.46 bits per heavy atom. The second-order valence-corrected chi connectivity index (χ2v) is 6.41. The third-order valence-electron chi connectivity index (χ3n) is 4.32. The molecule has 5 nitrogen and oxygen atoms in total. The van der Waals surface area contributed by atoms with Crippen LogP contribution in [-0.2, 0) is 4.79 Å². The van der Waals surface area contributed by atoms with E-state index in [0.29, 0.717) is 37.2 Å². The molecule has 2 N–H and O–H groups in total.